The van der Waals surface area contributed by atoms with Crippen LogP contribution in [0, 0.1) is 0 Å². The van der Waals surface area contributed by atoms with Crippen molar-refractivity contribution in [3.8, 4) is 11.4 Å². The molecule has 0 bridgehead atoms. The van der Waals surface area contributed by atoms with Crippen molar-refractivity contribution >= 4 is 11.6 Å². The molecule has 0 spiro atoms. The molecule has 0 unspecified atom stereocenters. The first-order valence-corrected chi connectivity index (χ1v) is 9.47. The Morgan fingerprint density at radius 3 is 2.52 bits per heavy atom. The maximum Gasteiger partial charge on any atom is 0.255 e. The van der Waals surface area contributed by atoms with Crippen molar-refractivity contribution in [2.45, 2.75) is 12.8 Å². The predicted octanol–water partition coefficient (Wildman–Crippen LogP) is 3.91. The van der Waals surface area contributed by atoms with Gasteiger partial charge in [0.05, 0.1) is 0 Å². The zero-order valence-corrected chi connectivity index (χ0v) is 16.1. The van der Waals surface area contributed by atoms with Gasteiger partial charge >= 0.3 is 0 Å². The molecule has 1 N–H and O–H groups in total. The molecular weight excluding hydrogens is 362 g/mol. The number of hydrogen-bond acceptors (Lipinski definition) is 4. The number of carbonyl (C=O) groups excluding carboxylic acids is 1. The third-order valence-corrected chi connectivity index (χ3v) is 4.79. The standard InChI is InChI=1S/C23H21N5O/c1-28-22(25-26-27-28)19-11-7-12-20(16-19)24-23(29)21-13-6-5-10-18(21)15-14-17-8-3-2-4-9-17/h2-13,16H,14-15H2,1H3,(H,24,29). The number of tetrazole rings is 1. The van der Waals surface area contributed by atoms with E-state index in [1.807, 2.05) is 66.7 Å². The Hall–Kier alpha value is -3.80. The summed E-state index contributed by atoms with van der Waals surface area (Å²) >= 11 is 0. The average Bonchev–Trinajstić information content (AvgIpc) is 3.19. The second-order valence-electron chi connectivity index (χ2n) is 6.80. The normalized spacial score (nSPS) is 10.7. The summed E-state index contributed by atoms with van der Waals surface area (Å²) < 4.78 is 1.60. The number of aromatic nitrogens is 4. The molecular formula is C23H21N5O. The summed E-state index contributed by atoms with van der Waals surface area (Å²) in [5.41, 5.74) is 4.52. The van der Waals surface area contributed by atoms with Crippen molar-refractivity contribution in [3.63, 3.8) is 0 Å². The Balaban J connectivity index is 1.51. The zero-order valence-electron chi connectivity index (χ0n) is 16.1. The van der Waals surface area contributed by atoms with Gasteiger partial charge in [-0.15, -0.1) is 5.10 Å². The molecule has 144 valence electrons. The smallest absolute Gasteiger partial charge is 0.255 e. The molecule has 0 aliphatic carbocycles. The number of anilines is 1. The summed E-state index contributed by atoms with van der Waals surface area (Å²) in [5, 5.41) is 14.5. The first-order chi connectivity index (χ1) is 14.2. The minimum absolute atomic E-state index is 0.123. The van der Waals surface area contributed by atoms with Gasteiger partial charge in [0.1, 0.15) is 0 Å². The number of nitrogens with one attached hydrogen (secondary N) is 1. The first kappa shape index (κ1) is 18.6. The average molecular weight is 383 g/mol. The van der Waals surface area contributed by atoms with Gasteiger partial charge in [-0.3, -0.25) is 4.79 Å². The van der Waals surface area contributed by atoms with Crippen molar-refractivity contribution in [3.05, 3.63) is 95.6 Å². The third-order valence-electron chi connectivity index (χ3n) is 4.79. The fraction of sp³-hybridized carbons (Fsp3) is 0.130. The summed E-state index contributed by atoms with van der Waals surface area (Å²) in [7, 11) is 1.78. The lowest BCUT2D eigenvalue weighted by molar-refractivity contribution is 0.102. The number of hydrogen-bond donors (Lipinski definition) is 1. The highest BCUT2D eigenvalue weighted by Crippen LogP contribution is 2.21. The van der Waals surface area contributed by atoms with E-state index in [0.29, 0.717) is 17.1 Å². The van der Waals surface area contributed by atoms with E-state index in [0.717, 1.165) is 24.0 Å². The molecule has 1 amide bonds. The van der Waals surface area contributed by atoms with E-state index in [9.17, 15) is 4.79 Å². The molecule has 0 saturated carbocycles. The molecule has 1 aromatic heterocycles. The van der Waals surface area contributed by atoms with E-state index >= 15 is 0 Å². The van der Waals surface area contributed by atoms with Crippen LogP contribution in [0.15, 0.2) is 78.9 Å². The molecule has 3 aromatic carbocycles. The lowest BCUT2D eigenvalue weighted by Gasteiger charge is -2.11. The van der Waals surface area contributed by atoms with E-state index < -0.39 is 0 Å². The molecule has 0 saturated heterocycles. The summed E-state index contributed by atoms with van der Waals surface area (Å²) in [4.78, 5) is 13.0. The molecule has 0 aliphatic heterocycles. The summed E-state index contributed by atoms with van der Waals surface area (Å²) in [5.74, 6) is 0.520. The van der Waals surface area contributed by atoms with Crippen LogP contribution in [0.2, 0.25) is 0 Å². The zero-order chi connectivity index (χ0) is 20.1. The fourth-order valence-electron chi connectivity index (χ4n) is 3.29. The van der Waals surface area contributed by atoms with Crippen molar-refractivity contribution in [1.82, 2.24) is 20.2 Å². The van der Waals surface area contributed by atoms with Crippen LogP contribution in [0.1, 0.15) is 21.5 Å². The number of carbonyl (C=O) groups is 1. The van der Waals surface area contributed by atoms with Gasteiger partial charge in [-0.1, -0.05) is 60.7 Å². The lowest BCUT2D eigenvalue weighted by atomic mass is 9.99. The van der Waals surface area contributed by atoms with E-state index in [2.05, 4.69) is 33.0 Å². The molecule has 4 aromatic rings. The van der Waals surface area contributed by atoms with Gasteiger partial charge in [0.25, 0.3) is 5.91 Å². The number of aryl methyl sites for hydroxylation is 3. The van der Waals surface area contributed by atoms with Crippen LogP contribution >= 0.6 is 0 Å². The minimum atomic E-state index is -0.123. The first-order valence-electron chi connectivity index (χ1n) is 9.47. The molecule has 29 heavy (non-hydrogen) atoms. The van der Waals surface area contributed by atoms with Crippen LogP contribution < -0.4 is 5.32 Å². The molecule has 6 nitrogen and oxygen atoms in total. The van der Waals surface area contributed by atoms with Gasteiger partial charge in [-0.25, -0.2) is 4.68 Å². The molecule has 0 fully saturated rings. The van der Waals surface area contributed by atoms with Crippen LogP contribution in [0.25, 0.3) is 11.4 Å². The van der Waals surface area contributed by atoms with Crippen molar-refractivity contribution in [1.29, 1.82) is 0 Å². The van der Waals surface area contributed by atoms with E-state index in [4.69, 9.17) is 0 Å². The summed E-state index contributed by atoms with van der Waals surface area (Å²) in [6, 6.07) is 25.6. The van der Waals surface area contributed by atoms with Crippen LogP contribution in [-0.4, -0.2) is 26.1 Å². The van der Waals surface area contributed by atoms with Gasteiger partial charge < -0.3 is 5.32 Å². The molecule has 6 heteroatoms. The quantitative estimate of drug-likeness (QED) is 0.548. The Kier molecular flexibility index (Phi) is 5.42. The maximum atomic E-state index is 13.0. The molecule has 0 radical (unpaired) electrons. The van der Waals surface area contributed by atoms with Crippen LogP contribution in [0.5, 0.6) is 0 Å². The van der Waals surface area contributed by atoms with Crippen LogP contribution in [0.4, 0.5) is 5.69 Å². The summed E-state index contributed by atoms with van der Waals surface area (Å²) in [6.07, 6.45) is 1.69. The third kappa shape index (κ3) is 4.38. The van der Waals surface area contributed by atoms with E-state index in [1.54, 1.807) is 11.7 Å². The molecule has 4 rings (SSSR count). The second kappa shape index (κ2) is 8.48. The lowest BCUT2D eigenvalue weighted by Crippen LogP contribution is -2.14. The highest BCUT2D eigenvalue weighted by atomic mass is 16.1. The SMILES string of the molecule is Cn1nnnc1-c1cccc(NC(=O)c2ccccc2CCc2ccccc2)c1. The fourth-order valence-corrected chi connectivity index (χ4v) is 3.29. The highest BCUT2D eigenvalue weighted by Gasteiger charge is 2.13. The highest BCUT2D eigenvalue weighted by molar-refractivity contribution is 6.05. The number of nitrogens with zero attached hydrogens (tertiary/aromatic N) is 4. The Morgan fingerprint density at radius 2 is 1.72 bits per heavy atom. The van der Waals surface area contributed by atoms with Crippen LogP contribution in [0.3, 0.4) is 0 Å². The van der Waals surface area contributed by atoms with Crippen molar-refractivity contribution < 1.29 is 4.79 Å². The van der Waals surface area contributed by atoms with Crippen LogP contribution in [-0.2, 0) is 19.9 Å². The van der Waals surface area contributed by atoms with E-state index in [-0.39, 0.29) is 5.91 Å². The number of benzene rings is 3. The molecule has 0 atom stereocenters. The topological polar surface area (TPSA) is 72.7 Å². The predicted molar refractivity (Wildman–Crippen MR) is 112 cm³/mol. The van der Waals surface area contributed by atoms with Gasteiger partial charge in [-0.05, 0) is 52.6 Å². The number of rotatable bonds is 6. The Morgan fingerprint density at radius 1 is 0.931 bits per heavy atom. The monoisotopic (exact) mass is 383 g/mol. The minimum Gasteiger partial charge on any atom is -0.322 e. The van der Waals surface area contributed by atoms with Crippen molar-refractivity contribution in [2.75, 3.05) is 5.32 Å². The molecule has 0 aliphatic rings. The number of amides is 1. The Labute approximate surface area is 169 Å². The van der Waals surface area contributed by atoms with Gasteiger partial charge in [0, 0.05) is 23.9 Å². The maximum absolute atomic E-state index is 13.0. The van der Waals surface area contributed by atoms with Gasteiger partial charge in [0.15, 0.2) is 5.82 Å². The van der Waals surface area contributed by atoms with Gasteiger partial charge in [-0.2, -0.15) is 0 Å². The largest absolute Gasteiger partial charge is 0.322 e. The summed E-state index contributed by atoms with van der Waals surface area (Å²) in [6.45, 7) is 0. The van der Waals surface area contributed by atoms with Gasteiger partial charge in [0.2, 0.25) is 0 Å². The van der Waals surface area contributed by atoms with E-state index in [1.165, 1.54) is 5.56 Å². The Bertz CT molecular complexity index is 1120. The van der Waals surface area contributed by atoms with Crippen molar-refractivity contribution in [2.24, 2.45) is 7.05 Å². The second-order valence-corrected chi connectivity index (χ2v) is 6.80. The molecule has 1 heterocycles.